The summed E-state index contributed by atoms with van der Waals surface area (Å²) in [5.74, 6) is -11.5. The van der Waals surface area contributed by atoms with Gasteiger partial charge in [0.05, 0.1) is 28.4 Å². The third-order valence-electron chi connectivity index (χ3n) is 5.34. The highest BCUT2D eigenvalue weighted by Crippen LogP contribution is 2.35. The molecule has 1 amide bonds. The predicted molar refractivity (Wildman–Crippen MR) is 129 cm³/mol. The number of nitrogens with zero attached hydrogens (tertiary/aromatic N) is 2. The van der Waals surface area contributed by atoms with Crippen molar-refractivity contribution in [2.24, 2.45) is 5.10 Å². The first-order chi connectivity index (χ1) is 17.5. The number of carbonyl (C=O) groups is 1. The number of hydrogen-bond acceptors (Lipinski definition) is 4. The molecule has 0 radical (unpaired) electrons. The van der Waals surface area contributed by atoms with Crippen LogP contribution in [-0.4, -0.2) is 18.7 Å². The second-order valence-corrected chi connectivity index (χ2v) is 8.54. The van der Waals surface area contributed by atoms with E-state index >= 15 is 0 Å². The molecular formula is C25H15Cl2F5N2O3. The maximum absolute atomic E-state index is 14.2. The van der Waals surface area contributed by atoms with Gasteiger partial charge in [0.2, 0.25) is 5.82 Å². The minimum atomic E-state index is -2.34. The topological polar surface area (TPSA) is 51.1 Å². The average Bonchev–Trinajstić information content (AvgIpc) is 3.15. The molecule has 0 atom stereocenters. The van der Waals surface area contributed by atoms with Gasteiger partial charge in [0.25, 0.3) is 5.91 Å². The molecule has 37 heavy (non-hydrogen) atoms. The largest absolute Gasteiger partial charge is 0.493 e. The van der Waals surface area contributed by atoms with Crippen LogP contribution < -0.4 is 14.5 Å². The molecule has 0 spiro atoms. The molecule has 0 aliphatic carbocycles. The standard InChI is InChI=1S/C25H15Cl2F5N2O3/c1-11-14(25(35)34(33-11)24-22(31)20(29)19(28)21(30)23(24)32)7-12-4-6-17(18(9-12)36-2)37-10-13-3-5-15(26)16(27)8-13/h3-9H,10H2,1-2H3/b14-7+. The van der Waals surface area contributed by atoms with Crippen LogP contribution in [0, 0.1) is 29.1 Å². The quantitative estimate of drug-likeness (QED) is 0.141. The van der Waals surface area contributed by atoms with Crippen LogP contribution in [-0.2, 0) is 11.4 Å². The number of benzene rings is 3. The van der Waals surface area contributed by atoms with Gasteiger partial charge in [-0.1, -0.05) is 35.3 Å². The summed E-state index contributed by atoms with van der Waals surface area (Å²) in [4.78, 5) is 12.9. The molecule has 0 fully saturated rings. The molecule has 0 unspecified atom stereocenters. The average molecular weight is 557 g/mol. The first kappa shape index (κ1) is 26.4. The van der Waals surface area contributed by atoms with Crippen LogP contribution in [0.4, 0.5) is 27.6 Å². The maximum Gasteiger partial charge on any atom is 0.280 e. The van der Waals surface area contributed by atoms with Crippen molar-refractivity contribution in [1.29, 1.82) is 0 Å². The molecule has 0 N–H and O–H groups in total. The number of hydrazone groups is 1. The number of hydrogen-bond donors (Lipinski definition) is 0. The van der Waals surface area contributed by atoms with E-state index in [9.17, 15) is 26.7 Å². The Balaban J connectivity index is 1.60. The first-order valence-electron chi connectivity index (χ1n) is 10.4. The SMILES string of the molecule is COc1cc(/C=C2/C(=O)N(c3c(F)c(F)c(F)c(F)c3F)N=C2C)ccc1OCc1ccc(Cl)c(Cl)c1. The molecule has 4 rings (SSSR count). The van der Waals surface area contributed by atoms with E-state index in [1.165, 1.54) is 26.2 Å². The molecule has 1 heterocycles. The Labute approximate surface area is 217 Å². The summed E-state index contributed by atoms with van der Waals surface area (Å²) in [5.41, 5.74) is -0.439. The highest BCUT2D eigenvalue weighted by molar-refractivity contribution is 6.42. The number of halogens is 7. The van der Waals surface area contributed by atoms with Gasteiger partial charge in [0, 0.05) is 0 Å². The van der Waals surface area contributed by atoms with Gasteiger partial charge in [-0.05, 0) is 48.4 Å². The fourth-order valence-electron chi connectivity index (χ4n) is 3.47. The van der Waals surface area contributed by atoms with Gasteiger partial charge < -0.3 is 9.47 Å². The van der Waals surface area contributed by atoms with Gasteiger partial charge in [-0.25, -0.2) is 22.0 Å². The van der Waals surface area contributed by atoms with Crippen LogP contribution in [0.2, 0.25) is 10.0 Å². The molecule has 0 bridgehead atoms. The van der Waals surface area contributed by atoms with Crippen LogP contribution in [0.15, 0.2) is 47.1 Å². The number of methoxy groups -OCH3 is 1. The van der Waals surface area contributed by atoms with Crippen LogP contribution in [0.5, 0.6) is 11.5 Å². The number of anilines is 1. The summed E-state index contributed by atoms with van der Waals surface area (Å²) in [7, 11) is 1.40. The van der Waals surface area contributed by atoms with E-state index in [-0.39, 0.29) is 22.9 Å². The van der Waals surface area contributed by atoms with Crippen LogP contribution in [0.3, 0.4) is 0 Å². The highest BCUT2D eigenvalue weighted by Gasteiger charge is 2.37. The Kier molecular flexibility index (Phi) is 7.42. The fourth-order valence-corrected chi connectivity index (χ4v) is 3.79. The monoisotopic (exact) mass is 556 g/mol. The van der Waals surface area contributed by atoms with Gasteiger partial charge in [-0.15, -0.1) is 0 Å². The van der Waals surface area contributed by atoms with Crippen LogP contribution >= 0.6 is 23.2 Å². The Morgan fingerprint density at radius 3 is 2.16 bits per heavy atom. The summed E-state index contributed by atoms with van der Waals surface area (Å²) in [5, 5.41) is 4.62. The lowest BCUT2D eigenvalue weighted by atomic mass is 10.1. The van der Waals surface area contributed by atoms with E-state index in [4.69, 9.17) is 32.7 Å². The van der Waals surface area contributed by atoms with E-state index in [0.717, 1.165) is 5.56 Å². The predicted octanol–water partition coefficient (Wildman–Crippen LogP) is 7.08. The van der Waals surface area contributed by atoms with Gasteiger partial charge in [0.1, 0.15) is 12.3 Å². The summed E-state index contributed by atoms with van der Waals surface area (Å²) in [6, 6.07) is 9.69. The van der Waals surface area contributed by atoms with Crippen molar-refractivity contribution in [3.8, 4) is 11.5 Å². The van der Waals surface area contributed by atoms with Gasteiger partial charge in [0.15, 0.2) is 34.8 Å². The van der Waals surface area contributed by atoms with Gasteiger partial charge in [-0.3, -0.25) is 4.79 Å². The van der Waals surface area contributed by atoms with E-state index in [2.05, 4.69) is 5.10 Å². The lowest BCUT2D eigenvalue weighted by Crippen LogP contribution is -2.25. The van der Waals surface area contributed by atoms with Crippen molar-refractivity contribution >= 4 is 46.6 Å². The molecule has 3 aromatic rings. The third-order valence-corrected chi connectivity index (χ3v) is 6.08. The molecule has 12 heteroatoms. The number of carbonyl (C=O) groups excluding carboxylic acids is 1. The minimum Gasteiger partial charge on any atom is -0.493 e. The third kappa shape index (κ3) is 4.99. The number of ether oxygens (including phenoxy) is 2. The fraction of sp³-hybridized carbons (Fsp3) is 0.120. The smallest absolute Gasteiger partial charge is 0.280 e. The summed E-state index contributed by atoms with van der Waals surface area (Å²) < 4.78 is 80.3. The van der Waals surface area contributed by atoms with Gasteiger partial charge >= 0.3 is 0 Å². The second kappa shape index (κ2) is 10.4. The lowest BCUT2D eigenvalue weighted by molar-refractivity contribution is -0.114. The van der Waals surface area contributed by atoms with E-state index in [0.29, 0.717) is 27.1 Å². The van der Waals surface area contributed by atoms with Crippen molar-refractivity contribution in [3.05, 3.63) is 92.2 Å². The Morgan fingerprint density at radius 1 is 0.892 bits per heavy atom. The summed E-state index contributed by atoms with van der Waals surface area (Å²) in [6.07, 6.45) is 1.33. The normalized spacial score (nSPS) is 14.4. The lowest BCUT2D eigenvalue weighted by Gasteiger charge is -2.15. The Bertz CT molecular complexity index is 1460. The zero-order valence-corrected chi connectivity index (χ0v) is 20.5. The first-order valence-corrected chi connectivity index (χ1v) is 11.2. The molecule has 1 aliphatic heterocycles. The number of amides is 1. The van der Waals surface area contributed by atoms with Crippen molar-refractivity contribution in [1.82, 2.24) is 0 Å². The molecule has 192 valence electrons. The van der Waals surface area contributed by atoms with Crippen molar-refractivity contribution in [2.45, 2.75) is 13.5 Å². The molecule has 1 aliphatic rings. The Morgan fingerprint density at radius 2 is 1.54 bits per heavy atom. The zero-order chi connectivity index (χ0) is 27.0. The molecule has 3 aromatic carbocycles. The van der Waals surface area contributed by atoms with Gasteiger partial charge in [-0.2, -0.15) is 10.1 Å². The van der Waals surface area contributed by atoms with Crippen LogP contribution in [0.25, 0.3) is 6.08 Å². The second-order valence-electron chi connectivity index (χ2n) is 7.73. The van der Waals surface area contributed by atoms with Crippen molar-refractivity contribution < 1.29 is 36.2 Å². The molecule has 5 nitrogen and oxygen atoms in total. The van der Waals surface area contributed by atoms with E-state index < -0.39 is 40.7 Å². The minimum absolute atomic E-state index is 0.00662. The zero-order valence-electron chi connectivity index (χ0n) is 19.0. The van der Waals surface area contributed by atoms with Crippen molar-refractivity contribution in [3.63, 3.8) is 0 Å². The van der Waals surface area contributed by atoms with Crippen molar-refractivity contribution in [2.75, 3.05) is 12.1 Å². The number of rotatable bonds is 6. The van der Waals surface area contributed by atoms with Crippen LogP contribution in [0.1, 0.15) is 18.1 Å². The molecule has 0 saturated heterocycles. The van der Waals surface area contributed by atoms with E-state index in [1.807, 2.05) is 0 Å². The Hall–Kier alpha value is -3.63. The molecule has 0 saturated carbocycles. The maximum atomic E-state index is 14.2. The summed E-state index contributed by atoms with van der Waals surface area (Å²) in [6.45, 7) is 1.50. The highest BCUT2D eigenvalue weighted by atomic mass is 35.5. The summed E-state index contributed by atoms with van der Waals surface area (Å²) >= 11 is 11.9. The molecule has 0 aromatic heterocycles. The molecular weight excluding hydrogens is 542 g/mol. The van der Waals surface area contributed by atoms with E-state index in [1.54, 1.807) is 30.3 Å².